The van der Waals surface area contributed by atoms with Crippen LogP contribution in [-0.4, -0.2) is 18.0 Å². The highest BCUT2D eigenvalue weighted by Crippen LogP contribution is 2.51. The van der Waals surface area contributed by atoms with E-state index >= 15 is 0 Å². The molecule has 1 fully saturated rings. The maximum absolute atomic E-state index is 2.36. The van der Waals surface area contributed by atoms with Crippen LogP contribution in [0.15, 0.2) is 91.0 Å². The molecule has 1 saturated heterocycles. The largest absolute Gasteiger partial charge is 0.0721 e. The standard InChI is InChI=1S/C24H26P2/c1-4-11-21(12-5-1)25-19-10-17-24(25)18-20-26(22-13-6-2-7-14-22)23-15-8-3-9-16-23/h1-9,11-16,24H,10,17-20H2/t24-,25-/m1/s1. The first-order valence-electron chi connectivity index (χ1n) is 9.61. The van der Waals surface area contributed by atoms with Crippen molar-refractivity contribution >= 4 is 31.8 Å². The molecule has 0 aromatic heterocycles. The Morgan fingerprint density at radius 3 is 1.85 bits per heavy atom. The number of benzene rings is 3. The number of hydrogen-bond acceptors (Lipinski definition) is 0. The quantitative estimate of drug-likeness (QED) is 0.500. The average Bonchev–Trinajstić information content (AvgIpc) is 3.19. The van der Waals surface area contributed by atoms with Gasteiger partial charge in [-0.05, 0) is 61.1 Å². The first-order chi connectivity index (χ1) is 12.9. The fourth-order valence-corrected chi connectivity index (χ4v) is 9.71. The second-order valence-corrected chi connectivity index (χ2v) is 11.9. The fraction of sp³-hybridized carbons (Fsp3) is 0.250. The highest BCUT2D eigenvalue weighted by molar-refractivity contribution is 7.73. The van der Waals surface area contributed by atoms with Gasteiger partial charge in [0, 0.05) is 0 Å². The molecule has 0 spiro atoms. The van der Waals surface area contributed by atoms with Crippen LogP contribution >= 0.6 is 15.8 Å². The molecule has 0 unspecified atom stereocenters. The molecular weight excluding hydrogens is 350 g/mol. The van der Waals surface area contributed by atoms with Crippen molar-refractivity contribution in [3.63, 3.8) is 0 Å². The van der Waals surface area contributed by atoms with E-state index in [1.165, 1.54) is 42.2 Å². The van der Waals surface area contributed by atoms with Crippen LogP contribution in [0.4, 0.5) is 0 Å². The van der Waals surface area contributed by atoms with Crippen LogP contribution in [0.3, 0.4) is 0 Å². The van der Waals surface area contributed by atoms with E-state index in [1.807, 2.05) is 0 Å². The summed E-state index contributed by atoms with van der Waals surface area (Å²) in [5.41, 5.74) is 0.907. The third-order valence-electron chi connectivity index (χ3n) is 5.29. The molecular formula is C24H26P2. The second-order valence-electron chi connectivity index (χ2n) is 6.94. The molecule has 26 heavy (non-hydrogen) atoms. The summed E-state index contributed by atoms with van der Waals surface area (Å²) in [7, 11) is -0.206. The molecule has 0 N–H and O–H groups in total. The summed E-state index contributed by atoms with van der Waals surface area (Å²) in [6.07, 6.45) is 6.96. The topological polar surface area (TPSA) is 0 Å². The van der Waals surface area contributed by atoms with Crippen LogP contribution in [0.25, 0.3) is 0 Å². The highest BCUT2D eigenvalue weighted by atomic mass is 31.1. The molecule has 1 aliphatic rings. The maximum Gasteiger partial charge on any atom is -0.0165 e. The van der Waals surface area contributed by atoms with E-state index in [9.17, 15) is 0 Å². The van der Waals surface area contributed by atoms with Crippen molar-refractivity contribution in [2.45, 2.75) is 24.9 Å². The Bertz CT molecular complexity index is 747. The summed E-state index contributed by atoms with van der Waals surface area (Å²) >= 11 is 0. The fourth-order valence-electron chi connectivity index (χ4n) is 4.00. The Labute approximate surface area is 160 Å². The molecule has 4 rings (SSSR count). The summed E-state index contributed by atoms with van der Waals surface area (Å²) in [4.78, 5) is 0. The van der Waals surface area contributed by atoms with Gasteiger partial charge in [0.15, 0.2) is 0 Å². The third-order valence-corrected chi connectivity index (χ3v) is 11.0. The predicted octanol–water partition coefficient (Wildman–Crippen LogP) is 5.48. The summed E-state index contributed by atoms with van der Waals surface area (Å²) in [5.74, 6) is 0. The zero-order valence-electron chi connectivity index (χ0n) is 15.2. The molecule has 0 bridgehead atoms. The zero-order chi connectivity index (χ0) is 17.6. The normalized spacial score (nSPS) is 19.7. The first-order valence-corrected chi connectivity index (χ1v) is 12.7. The monoisotopic (exact) mass is 376 g/mol. The van der Waals surface area contributed by atoms with Crippen LogP contribution in [0.5, 0.6) is 0 Å². The molecule has 3 aromatic carbocycles. The minimum Gasteiger partial charge on any atom is -0.0721 e. The van der Waals surface area contributed by atoms with Crippen molar-refractivity contribution in [1.29, 1.82) is 0 Å². The Morgan fingerprint density at radius 1 is 0.731 bits per heavy atom. The minimum atomic E-state index is -0.245. The van der Waals surface area contributed by atoms with E-state index in [2.05, 4.69) is 91.0 Å². The van der Waals surface area contributed by atoms with Crippen molar-refractivity contribution in [3.8, 4) is 0 Å². The number of hydrogen-bond donors (Lipinski definition) is 0. The van der Waals surface area contributed by atoms with Gasteiger partial charge in [-0.2, -0.15) is 0 Å². The Hall–Kier alpha value is -1.48. The lowest BCUT2D eigenvalue weighted by Gasteiger charge is -2.24. The lowest BCUT2D eigenvalue weighted by atomic mass is 10.2. The Kier molecular flexibility index (Phi) is 6.16. The molecule has 0 amide bonds. The molecule has 3 aromatic rings. The molecule has 0 nitrogen and oxygen atoms in total. The van der Waals surface area contributed by atoms with Gasteiger partial charge in [0.2, 0.25) is 0 Å². The Morgan fingerprint density at radius 2 is 1.27 bits per heavy atom. The summed E-state index contributed by atoms with van der Waals surface area (Å²) in [6.45, 7) is 0. The van der Waals surface area contributed by atoms with Crippen LogP contribution < -0.4 is 15.9 Å². The van der Waals surface area contributed by atoms with E-state index in [0.717, 1.165) is 5.66 Å². The van der Waals surface area contributed by atoms with Crippen LogP contribution in [-0.2, 0) is 0 Å². The molecule has 2 heteroatoms. The maximum atomic E-state index is 2.36. The van der Waals surface area contributed by atoms with E-state index in [1.54, 1.807) is 5.30 Å². The second kappa shape index (κ2) is 8.94. The highest BCUT2D eigenvalue weighted by Gasteiger charge is 2.28. The van der Waals surface area contributed by atoms with Gasteiger partial charge in [-0.1, -0.05) is 98.9 Å². The van der Waals surface area contributed by atoms with E-state index in [4.69, 9.17) is 0 Å². The average molecular weight is 376 g/mol. The van der Waals surface area contributed by atoms with Crippen molar-refractivity contribution in [1.82, 2.24) is 0 Å². The summed E-state index contributed by atoms with van der Waals surface area (Å²) in [5, 5.41) is 4.67. The number of rotatable bonds is 6. The van der Waals surface area contributed by atoms with Gasteiger partial charge in [-0.25, -0.2) is 0 Å². The third kappa shape index (κ3) is 4.25. The van der Waals surface area contributed by atoms with Gasteiger partial charge < -0.3 is 0 Å². The van der Waals surface area contributed by atoms with Gasteiger partial charge in [0.25, 0.3) is 0 Å². The van der Waals surface area contributed by atoms with Crippen molar-refractivity contribution < 1.29 is 0 Å². The van der Waals surface area contributed by atoms with Gasteiger partial charge in [-0.15, -0.1) is 0 Å². The van der Waals surface area contributed by atoms with Gasteiger partial charge >= 0.3 is 0 Å². The molecule has 132 valence electrons. The van der Waals surface area contributed by atoms with Crippen molar-refractivity contribution in [2.75, 3.05) is 12.3 Å². The lowest BCUT2D eigenvalue weighted by Crippen LogP contribution is -2.17. The Balaban J connectivity index is 1.51. The molecule has 0 radical (unpaired) electrons. The summed E-state index contributed by atoms with van der Waals surface area (Å²) < 4.78 is 0. The zero-order valence-corrected chi connectivity index (χ0v) is 17.0. The van der Waals surface area contributed by atoms with Crippen LogP contribution in [0.1, 0.15) is 19.3 Å². The molecule has 2 atom stereocenters. The molecule has 0 saturated carbocycles. The predicted molar refractivity (Wildman–Crippen MR) is 119 cm³/mol. The minimum absolute atomic E-state index is 0.0383. The molecule has 1 aliphatic heterocycles. The van der Waals surface area contributed by atoms with Crippen molar-refractivity contribution in [3.05, 3.63) is 91.0 Å². The van der Waals surface area contributed by atoms with E-state index in [-0.39, 0.29) is 15.8 Å². The SMILES string of the molecule is c1ccc(P(CC[C@H]2CCC[P@]2c2ccccc2)c2ccccc2)cc1. The van der Waals surface area contributed by atoms with Gasteiger partial charge in [0.1, 0.15) is 0 Å². The van der Waals surface area contributed by atoms with Crippen LogP contribution in [0, 0.1) is 0 Å². The lowest BCUT2D eigenvalue weighted by molar-refractivity contribution is 0.760. The van der Waals surface area contributed by atoms with Gasteiger partial charge in [-0.3, -0.25) is 0 Å². The summed E-state index contributed by atoms with van der Waals surface area (Å²) in [6, 6.07) is 33.7. The smallest absolute Gasteiger partial charge is 0.0165 e. The van der Waals surface area contributed by atoms with Crippen LogP contribution in [0.2, 0.25) is 0 Å². The molecule has 1 heterocycles. The van der Waals surface area contributed by atoms with Gasteiger partial charge in [0.05, 0.1) is 0 Å². The first kappa shape index (κ1) is 17.9. The van der Waals surface area contributed by atoms with E-state index in [0.29, 0.717) is 0 Å². The van der Waals surface area contributed by atoms with Crippen molar-refractivity contribution in [2.24, 2.45) is 0 Å². The molecule has 0 aliphatic carbocycles. The van der Waals surface area contributed by atoms with E-state index < -0.39 is 0 Å².